The highest BCUT2D eigenvalue weighted by molar-refractivity contribution is 5.95. The van der Waals surface area contributed by atoms with Crippen molar-refractivity contribution in [3.05, 3.63) is 29.3 Å². The summed E-state index contributed by atoms with van der Waals surface area (Å²) in [6.45, 7) is 4.28. The maximum Gasteiger partial charge on any atom is 0.251 e. The Kier molecular flexibility index (Phi) is 4.97. The van der Waals surface area contributed by atoms with Gasteiger partial charge in [0, 0.05) is 17.8 Å². The van der Waals surface area contributed by atoms with E-state index in [1.54, 1.807) is 12.1 Å². The molecule has 0 saturated heterocycles. The molecule has 1 unspecified atom stereocenters. The van der Waals surface area contributed by atoms with Gasteiger partial charge in [0.1, 0.15) is 0 Å². The van der Waals surface area contributed by atoms with Crippen LogP contribution in [0.25, 0.3) is 0 Å². The highest BCUT2D eigenvalue weighted by Crippen LogP contribution is 2.12. The highest BCUT2D eigenvalue weighted by Gasteiger charge is 2.07. The molecule has 4 N–H and O–H groups in total. The van der Waals surface area contributed by atoms with Crippen LogP contribution in [0.15, 0.2) is 18.2 Å². The number of carbonyl (C=O) groups is 1. The average Bonchev–Trinajstić information content (AvgIpc) is 2.32. The molecule has 0 radical (unpaired) electrons. The fraction of sp³-hybridized carbons (Fsp3) is 0.462. The van der Waals surface area contributed by atoms with Crippen molar-refractivity contribution in [2.75, 3.05) is 12.3 Å². The van der Waals surface area contributed by atoms with Gasteiger partial charge in [-0.1, -0.05) is 13.0 Å². The number of aliphatic hydroxyl groups is 1. The molecule has 1 amide bonds. The van der Waals surface area contributed by atoms with Crippen molar-refractivity contribution in [2.45, 2.75) is 32.8 Å². The Morgan fingerprint density at radius 3 is 2.82 bits per heavy atom. The summed E-state index contributed by atoms with van der Waals surface area (Å²) in [7, 11) is 0. The van der Waals surface area contributed by atoms with Crippen LogP contribution in [0.2, 0.25) is 0 Å². The van der Waals surface area contributed by atoms with Crippen LogP contribution in [0, 0.1) is 6.92 Å². The van der Waals surface area contributed by atoms with Crippen molar-refractivity contribution in [3.8, 4) is 0 Å². The van der Waals surface area contributed by atoms with E-state index in [9.17, 15) is 9.90 Å². The minimum Gasteiger partial charge on any atom is -0.398 e. The van der Waals surface area contributed by atoms with Crippen LogP contribution >= 0.6 is 0 Å². The number of hydrogen-bond donors (Lipinski definition) is 3. The number of aliphatic hydroxyl groups excluding tert-OH is 1. The summed E-state index contributed by atoms with van der Waals surface area (Å²) in [6.07, 6.45) is 0.926. The maximum atomic E-state index is 11.7. The van der Waals surface area contributed by atoms with E-state index in [0.29, 0.717) is 30.6 Å². The number of nitrogens with two attached hydrogens (primary N) is 1. The molecule has 0 aliphatic carbocycles. The Labute approximate surface area is 102 Å². The minimum absolute atomic E-state index is 0.153. The molecule has 0 fully saturated rings. The number of hydrogen-bond acceptors (Lipinski definition) is 3. The molecule has 1 atom stereocenters. The van der Waals surface area contributed by atoms with Crippen molar-refractivity contribution in [1.29, 1.82) is 0 Å². The number of amides is 1. The number of anilines is 1. The lowest BCUT2D eigenvalue weighted by Gasteiger charge is -2.09. The SMILES string of the molecule is CCC(O)CCNC(=O)c1ccc(C)c(N)c1. The second-order valence-corrected chi connectivity index (χ2v) is 4.18. The van der Waals surface area contributed by atoms with Crippen LogP contribution in [0.3, 0.4) is 0 Å². The van der Waals surface area contributed by atoms with Gasteiger partial charge in [-0.05, 0) is 37.5 Å². The molecule has 0 saturated carbocycles. The number of benzene rings is 1. The lowest BCUT2D eigenvalue weighted by atomic mass is 10.1. The first-order chi connectivity index (χ1) is 8.04. The van der Waals surface area contributed by atoms with Crippen molar-refractivity contribution in [2.24, 2.45) is 0 Å². The normalized spacial score (nSPS) is 12.2. The Morgan fingerprint density at radius 1 is 1.53 bits per heavy atom. The fourth-order valence-corrected chi connectivity index (χ4v) is 1.44. The van der Waals surface area contributed by atoms with Crippen molar-refractivity contribution >= 4 is 11.6 Å². The average molecular weight is 236 g/mol. The van der Waals surface area contributed by atoms with Gasteiger partial charge >= 0.3 is 0 Å². The predicted molar refractivity (Wildman–Crippen MR) is 68.8 cm³/mol. The minimum atomic E-state index is -0.349. The third-order valence-electron chi connectivity index (χ3n) is 2.78. The highest BCUT2D eigenvalue weighted by atomic mass is 16.3. The third kappa shape index (κ3) is 4.07. The smallest absolute Gasteiger partial charge is 0.251 e. The zero-order chi connectivity index (χ0) is 12.8. The van der Waals surface area contributed by atoms with E-state index in [0.717, 1.165) is 5.56 Å². The van der Waals surface area contributed by atoms with Crippen molar-refractivity contribution < 1.29 is 9.90 Å². The predicted octanol–water partition coefficient (Wildman–Crippen LogP) is 1.47. The number of nitrogen functional groups attached to an aromatic ring is 1. The summed E-state index contributed by atoms with van der Waals surface area (Å²) in [5, 5.41) is 12.1. The van der Waals surface area contributed by atoms with Gasteiger partial charge < -0.3 is 16.2 Å². The fourth-order valence-electron chi connectivity index (χ4n) is 1.44. The molecular weight excluding hydrogens is 216 g/mol. The van der Waals surface area contributed by atoms with E-state index < -0.39 is 0 Å². The number of rotatable bonds is 5. The van der Waals surface area contributed by atoms with Crippen LogP contribution < -0.4 is 11.1 Å². The maximum absolute atomic E-state index is 11.7. The Bertz CT molecular complexity index is 391. The van der Waals surface area contributed by atoms with Crippen LogP contribution in [-0.2, 0) is 0 Å². The quantitative estimate of drug-likeness (QED) is 0.678. The van der Waals surface area contributed by atoms with Gasteiger partial charge in [0.25, 0.3) is 5.91 Å². The number of aryl methyl sites for hydroxylation is 1. The lowest BCUT2D eigenvalue weighted by molar-refractivity contribution is 0.0942. The first kappa shape index (κ1) is 13.5. The van der Waals surface area contributed by atoms with E-state index in [1.807, 2.05) is 19.9 Å². The van der Waals surface area contributed by atoms with Gasteiger partial charge in [-0.3, -0.25) is 4.79 Å². The molecule has 1 aromatic rings. The molecule has 0 spiro atoms. The number of nitrogens with one attached hydrogen (secondary N) is 1. The van der Waals surface area contributed by atoms with Gasteiger partial charge in [-0.25, -0.2) is 0 Å². The molecule has 0 bridgehead atoms. The first-order valence-corrected chi connectivity index (χ1v) is 5.87. The van der Waals surface area contributed by atoms with Gasteiger partial charge in [0.2, 0.25) is 0 Å². The van der Waals surface area contributed by atoms with Gasteiger partial charge in [0.05, 0.1) is 6.10 Å². The van der Waals surface area contributed by atoms with Crippen LogP contribution in [-0.4, -0.2) is 23.7 Å². The molecule has 0 aliphatic heterocycles. The van der Waals surface area contributed by atoms with Gasteiger partial charge in [0.15, 0.2) is 0 Å². The van der Waals surface area contributed by atoms with E-state index in [1.165, 1.54) is 0 Å². The summed E-state index contributed by atoms with van der Waals surface area (Å²) < 4.78 is 0. The van der Waals surface area contributed by atoms with Gasteiger partial charge in [-0.15, -0.1) is 0 Å². The monoisotopic (exact) mass is 236 g/mol. The molecular formula is C13H20N2O2. The molecule has 1 aromatic carbocycles. The summed E-state index contributed by atoms with van der Waals surface area (Å²) >= 11 is 0. The summed E-state index contributed by atoms with van der Waals surface area (Å²) in [5.41, 5.74) is 7.87. The standard InChI is InChI=1S/C13H20N2O2/c1-3-11(16)6-7-15-13(17)10-5-4-9(2)12(14)8-10/h4-5,8,11,16H,3,6-7,14H2,1-2H3,(H,15,17). The number of carbonyl (C=O) groups excluding carboxylic acids is 1. The zero-order valence-electron chi connectivity index (χ0n) is 10.4. The molecule has 94 valence electrons. The molecule has 4 nitrogen and oxygen atoms in total. The van der Waals surface area contributed by atoms with E-state index in [2.05, 4.69) is 5.32 Å². The molecule has 17 heavy (non-hydrogen) atoms. The van der Waals surface area contributed by atoms with Crippen LogP contribution in [0.1, 0.15) is 35.7 Å². The molecule has 0 aliphatic rings. The Balaban J connectivity index is 2.50. The molecule has 0 heterocycles. The van der Waals surface area contributed by atoms with Crippen LogP contribution in [0.4, 0.5) is 5.69 Å². The van der Waals surface area contributed by atoms with Crippen molar-refractivity contribution in [3.63, 3.8) is 0 Å². The van der Waals surface area contributed by atoms with E-state index in [4.69, 9.17) is 5.73 Å². The molecule has 0 aromatic heterocycles. The summed E-state index contributed by atoms with van der Waals surface area (Å²) in [6, 6.07) is 5.24. The Hall–Kier alpha value is -1.55. The zero-order valence-corrected chi connectivity index (χ0v) is 10.4. The van der Waals surface area contributed by atoms with Gasteiger partial charge in [-0.2, -0.15) is 0 Å². The Morgan fingerprint density at radius 2 is 2.24 bits per heavy atom. The largest absolute Gasteiger partial charge is 0.398 e. The lowest BCUT2D eigenvalue weighted by Crippen LogP contribution is -2.27. The first-order valence-electron chi connectivity index (χ1n) is 5.87. The molecule has 1 rings (SSSR count). The van der Waals surface area contributed by atoms with Crippen LogP contribution in [0.5, 0.6) is 0 Å². The second-order valence-electron chi connectivity index (χ2n) is 4.18. The summed E-state index contributed by atoms with van der Waals surface area (Å²) in [4.78, 5) is 11.7. The van der Waals surface area contributed by atoms with E-state index >= 15 is 0 Å². The summed E-state index contributed by atoms with van der Waals surface area (Å²) in [5.74, 6) is -0.153. The second kappa shape index (κ2) is 6.25. The van der Waals surface area contributed by atoms with Crippen molar-refractivity contribution in [1.82, 2.24) is 5.32 Å². The molecule has 4 heteroatoms. The van der Waals surface area contributed by atoms with E-state index in [-0.39, 0.29) is 12.0 Å². The topological polar surface area (TPSA) is 75.3 Å². The third-order valence-corrected chi connectivity index (χ3v) is 2.78.